The Morgan fingerprint density at radius 3 is 3.04 bits per heavy atom. The molecule has 2 heterocycles. The van der Waals surface area contributed by atoms with Gasteiger partial charge in [0.25, 0.3) is 0 Å². The fraction of sp³-hybridized carbons (Fsp3) is 0.214. The number of methoxy groups -OCH3 is 1. The average molecular weight is 338 g/mol. The minimum Gasteiger partial charge on any atom is -0.464 e. The Hall–Kier alpha value is -2.55. The van der Waals surface area contributed by atoms with Crippen molar-refractivity contribution in [3.63, 3.8) is 0 Å². The highest BCUT2D eigenvalue weighted by molar-refractivity contribution is 7.20. The molecule has 23 heavy (non-hydrogen) atoms. The molecule has 3 aromatic rings. The molecule has 0 aliphatic heterocycles. The van der Waals surface area contributed by atoms with E-state index in [1.807, 2.05) is 0 Å². The Balaban J connectivity index is 1.78. The molecule has 0 bridgehead atoms. The number of anilines is 1. The van der Waals surface area contributed by atoms with Crippen molar-refractivity contribution in [1.82, 2.24) is 14.5 Å². The van der Waals surface area contributed by atoms with Crippen LogP contribution in [-0.4, -0.2) is 27.6 Å². The van der Waals surface area contributed by atoms with Crippen molar-refractivity contribution < 1.29 is 18.3 Å². The SMILES string of the molecule is COC(=O)c1nc2ccc(NCc3nccn3C(F)F)cc2s1. The third-order valence-corrected chi connectivity index (χ3v) is 4.16. The number of carbonyl (C=O) groups excluding carboxylic acids is 1. The third kappa shape index (κ3) is 3.14. The van der Waals surface area contributed by atoms with Gasteiger partial charge >= 0.3 is 12.5 Å². The summed E-state index contributed by atoms with van der Waals surface area (Å²) in [5.41, 5.74) is 1.40. The molecule has 0 atom stereocenters. The second-order valence-electron chi connectivity index (χ2n) is 4.58. The lowest BCUT2D eigenvalue weighted by Crippen LogP contribution is -2.08. The summed E-state index contributed by atoms with van der Waals surface area (Å²) in [5.74, 6) is -0.251. The van der Waals surface area contributed by atoms with Crippen LogP contribution >= 0.6 is 11.3 Å². The topological polar surface area (TPSA) is 69.0 Å². The van der Waals surface area contributed by atoms with Crippen LogP contribution in [0.25, 0.3) is 10.2 Å². The number of halogens is 2. The van der Waals surface area contributed by atoms with Gasteiger partial charge in [-0.25, -0.2) is 14.8 Å². The summed E-state index contributed by atoms with van der Waals surface area (Å²) in [5, 5.41) is 3.30. The monoisotopic (exact) mass is 338 g/mol. The van der Waals surface area contributed by atoms with Gasteiger partial charge in [-0.1, -0.05) is 0 Å². The van der Waals surface area contributed by atoms with Crippen LogP contribution in [0.3, 0.4) is 0 Å². The number of hydrogen-bond acceptors (Lipinski definition) is 6. The molecule has 0 saturated carbocycles. The quantitative estimate of drug-likeness (QED) is 0.723. The van der Waals surface area contributed by atoms with Gasteiger partial charge in [-0.2, -0.15) is 8.78 Å². The van der Waals surface area contributed by atoms with Crippen molar-refractivity contribution in [2.24, 2.45) is 0 Å². The Bertz CT molecular complexity index is 846. The van der Waals surface area contributed by atoms with Gasteiger partial charge in [-0.05, 0) is 18.2 Å². The van der Waals surface area contributed by atoms with Crippen LogP contribution < -0.4 is 5.32 Å². The van der Waals surface area contributed by atoms with Crippen LogP contribution in [0, 0.1) is 0 Å². The van der Waals surface area contributed by atoms with E-state index in [9.17, 15) is 13.6 Å². The summed E-state index contributed by atoms with van der Waals surface area (Å²) in [6.07, 6.45) is 2.56. The standard InChI is InChI=1S/C14H12F2N4O2S/c1-22-13(21)12-19-9-3-2-8(6-10(9)23-12)18-7-11-17-4-5-20(11)14(15)16/h2-6,14,18H,7H2,1H3. The maximum Gasteiger partial charge on any atom is 0.367 e. The number of aromatic nitrogens is 3. The van der Waals surface area contributed by atoms with E-state index in [1.54, 1.807) is 18.2 Å². The number of esters is 1. The maximum atomic E-state index is 12.8. The first-order valence-electron chi connectivity index (χ1n) is 6.61. The van der Waals surface area contributed by atoms with E-state index in [0.717, 1.165) is 15.0 Å². The third-order valence-electron chi connectivity index (χ3n) is 3.16. The fourth-order valence-electron chi connectivity index (χ4n) is 2.05. The summed E-state index contributed by atoms with van der Waals surface area (Å²) in [6.45, 7) is -2.47. The number of alkyl halides is 2. The molecule has 120 valence electrons. The van der Waals surface area contributed by atoms with Crippen molar-refractivity contribution in [2.45, 2.75) is 13.1 Å². The van der Waals surface area contributed by atoms with Gasteiger partial charge in [0.2, 0.25) is 5.01 Å². The molecule has 9 heteroatoms. The fourth-order valence-corrected chi connectivity index (χ4v) is 2.97. The average Bonchev–Trinajstić information content (AvgIpc) is 3.17. The summed E-state index contributed by atoms with van der Waals surface area (Å²) in [7, 11) is 1.30. The molecule has 1 N–H and O–H groups in total. The van der Waals surface area contributed by atoms with Gasteiger partial charge in [0.1, 0.15) is 5.82 Å². The van der Waals surface area contributed by atoms with Crippen molar-refractivity contribution in [1.29, 1.82) is 0 Å². The van der Waals surface area contributed by atoms with Gasteiger partial charge in [-0.15, -0.1) is 11.3 Å². The largest absolute Gasteiger partial charge is 0.464 e. The van der Waals surface area contributed by atoms with Crippen LogP contribution in [0.15, 0.2) is 30.6 Å². The molecule has 0 aliphatic carbocycles. The van der Waals surface area contributed by atoms with E-state index in [0.29, 0.717) is 5.52 Å². The zero-order valence-electron chi connectivity index (χ0n) is 12.0. The highest BCUT2D eigenvalue weighted by Gasteiger charge is 2.13. The predicted octanol–water partition coefficient (Wildman–Crippen LogP) is 3.29. The molecule has 0 radical (unpaired) electrons. The molecule has 0 amide bonds. The number of rotatable bonds is 5. The Morgan fingerprint density at radius 1 is 1.48 bits per heavy atom. The van der Waals surface area contributed by atoms with Crippen molar-refractivity contribution in [3.8, 4) is 0 Å². The number of nitrogens with one attached hydrogen (secondary N) is 1. The van der Waals surface area contributed by atoms with Crippen LogP contribution in [0.1, 0.15) is 22.2 Å². The summed E-state index contributed by atoms with van der Waals surface area (Å²) >= 11 is 1.21. The van der Waals surface area contributed by atoms with Gasteiger partial charge in [0.15, 0.2) is 0 Å². The molecule has 0 saturated heterocycles. The first-order valence-corrected chi connectivity index (χ1v) is 7.43. The van der Waals surface area contributed by atoms with Crippen molar-refractivity contribution >= 4 is 33.2 Å². The van der Waals surface area contributed by atoms with Gasteiger partial charge in [0, 0.05) is 18.1 Å². The maximum absolute atomic E-state index is 12.8. The van der Waals surface area contributed by atoms with Gasteiger partial charge in [-0.3, -0.25) is 4.57 Å². The minimum absolute atomic E-state index is 0.158. The summed E-state index contributed by atoms with van der Waals surface area (Å²) in [6, 6.07) is 5.31. The highest BCUT2D eigenvalue weighted by atomic mass is 32.1. The number of benzene rings is 1. The van der Waals surface area contributed by atoms with Crippen LogP contribution in [0.2, 0.25) is 0 Å². The van der Waals surface area contributed by atoms with E-state index in [2.05, 4.69) is 20.0 Å². The van der Waals surface area contributed by atoms with Gasteiger partial charge in [0.05, 0.1) is 23.9 Å². The number of carbonyl (C=O) groups is 1. The Morgan fingerprint density at radius 2 is 2.30 bits per heavy atom. The molecular weight excluding hydrogens is 326 g/mol. The first kappa shape index (κ1) is 15.3. The highest BCUT2D eigenvalue weighted by Crippen LogP contribution is 2.26. The number of imidazole rings is 1. The number of hydrogen-bond donors (Lipinski definition) is 1. The molecule has 0 aliphatic rings. The molecule has 2 aromatic heterocycles. The van der Waals surface area contributed by atoms with E-state index < -0.39 is 12.5 Å². The zero-order chi connectivity index (χ0) is 16.4. The molecular formula is C14H12F2N4O2S. The van der Waals surface area contributed by atoms with E-state index in [1.165, 1.54) is 30.8 Å². The van der Waals surface area contributed by atoms with Crippen LogP contribution in [-0.2, 0) is 11.3 Å². The smallest absolute Gasteiger partial charge is 0.367 e. The lowest BCUT2D eigenvalue weighted by molar-refractivity contribution is 0.0600. The lowest BCUT2D eigenvalue weighted by Gasteiger charge is -2.08. The lowest BCUT2D eigenvalue weighted by atomic mass is 10.3. The van der Waals surface area contributed by atoms with E-state index >= 15 is 0 Å². The molecule has 3 rings (SSSR count). The molecule has 0 spiro atoms. The van der Waals surface area contributed by atoms with Crippen LogP contribution in [0.5, 0.6) is 0 Å². The molecule has 6 nitrogen and oxygen atoms in total. The summed E-state index contributed by atoms with van der Waals surface area (Å²) in [4.78, 5) is 19.6. The van der Waals surface area contributed by atoms with Crippen molar-refractivity contribution in [3.05, 3.63) is 41.4 Å². The minimum atomic E-state index is -2.62. The molecule has 0 unspecified atom stereocenters. The first-order chi connectivity index (χ1) is 11.1. The number of nitrogens with zero attached hydrogens (tertiary/aromatic N) is 3. The van der Waals surface area contributed by atoms with E-state index in [4.69, 9.17) is 0 Å². The van der Waals surface area contributed by atoms with Gasteiger partial charge < -0.3 is 10.1 Å². The normalized spacial score (nSPS) is 11.1. The Kier molecular flexibility index (Phi) is 4.20. The Labute approximate surface area is 133 Å². The molecule has 1 aromatic carbocycles. The van der Waals surface area contributed by atoms with Crippen LogP contribution in [0.4, 0.5) is 14.5 Å². The predicted molar refractivity (Wildman–Crippen MR) is 81.8 cm³/mol. The zero-order valence-corrected chi connectivity index (χ0v) is 12.8. The second-order valence-corrected chi connectivity index (χ2v) is 5.61. The summed E-state index contributed by atoms with van der Waals surface area (Å²) < 4.78 is 31.7. The second kappa shape index (κ2) is 6.29. The number of ether oxygens (including phenoxy) is 1. The van der Waals surface area contributed by atoms with E-state index in [-0.39, 0.29) is 17.4 Å². The molecule has 0 fully saturated rings. The number of thiazole rings is 1. The van der Waals surface area contributed by atoms with Crippen molar-refractivity contribution in [2.75, 3.05) is 12.4 Å². The number of fused-ring (bicyclic) bond motifs is 1.